The van der Waals surface area contributed by atoms with E-state index in [0.29, 0.717) is 19.8 Å². The number of rotatable bonds is 5. The average molecular weight is 294 g/mol. The van der Waals surface area contributed by atoms with Gasteiger partial charge in [-0.25, -0.2) is 0 Å². The van der Waals surface area contributed by atoms with Gasteiger partial charge < -0.3 is 14.8 Å². The summed E-state index contributed by atoms with van der Waals surface area (Å²) in [5, 5.41) is 3.81. The summed E-state index contributed by atoms with van der Waals surface area (Å²) in [4.78, 5) is 12.0. The van der Waals surface area contributed by atoms with Crippen LogP contribution in [-0.2, 0) is 14.3 Å². The van der Waals surface area contributed by atoms with E-state index in [1.165, 1.54) is 0 Å². The Kier molecular flexibility index (Phi) is 5.72. The summed E-state index contributed by atoms with van der Waals surface area (Å²) in [6, 6.07) is 0. The molecule has 0 aliphatic carbocycles. The van der Waals surface area contributed by atoms with E-state index in [4.69, 9.17) is 9.47 Å². The molecule has 0 radical (unpaired) electrons. The van der Waals surface area contributed by atoms with E-state index in [0.717, 1.165) is 18.2 Å². The summed E-state index contributed by atoms with van der Waals surface area (Å²) in [5.41, 5.74) is -0.169. The predicted octanol–water partition coefficient (Wildman–Crippen LogP) is 1.47. The van der Waals surface area contributed by atoms with E-state index in [1.807, 2.05) is 0 Å². The minimum atomic E-state index is -0.453. The number of carbonyl (C=O) groups is 1. The lowest BCUT2D eigenvalue weighted by Gasteiger charge is -2.33. The Balaban J connectivity index is 2.53. The molecule has 1 amide bonds. The van der Waals surface area contributed by atoms with Crippen LogP contribution in [0.2, 0.25) is 0 Å². The van der Waals surface area contributed by atoms with E-state index < -0.39 is 6.10 Å². The molecule has 0 bridgehead atoms. The molecule has 0 aromatic rings. The topological polar surface area (TPSA) is 47.6 Å². The van der Waals surface area contributed by atoms with Crippen molar-refractivity contribution in [2.24, 2.45) is 0 Å². The Morgan fingerprint density at radius 2 is 2.12 bits per heavy atom. The molecule has 94 valence electrons. The molecule has 0 spiro atoms. The molecule has 0 saturated carbocycles. The Morgan fingerprint density at radius 1 is 1.44 bits per heavy atom. The van der Waals surface area contributed by atoms with Gasteiger partial charge in [0, 0.05) is 10.9 Å². The number of alkyl halides is 1. The Labute approximate surface area is 105 Å². The van der Waals surface area contributed by atoms with Crippen molar-refractivity contribution in [1.82, 2.24) is 5.32 Å². The summed E-state index contributed by atoms with van der Waals surface area (Å²) in [5.74, 6) is -0.0668. The lowest BCUT2D eigenvalue weighted by atomic mass is 9.95. The smallest absolute Gasteiger partial charge is 0.252 e. The molecular weight excluding hydrogens is 274 g/mol. The number of amides is 1. The molecule has 1 atom stereocenters. The summed E-state index contributed by atoms with van der Waals surface area (Å²) >= 11 is 3.46. The van der Waals surface area contributed by atoms with Crippen molar-refractivity contribution < 1.29 is 14.3 Å². The monoisotopic (exact) mass is 293 g/mol. The second-order valence-corrected chi connectivity index (χ2v) is 4.61. The van der Waals surface area contributed by atoms with Gasteiger partial charge in [0.2, 0.25) is 0 Å². The highest BCUT2D eigenvalue weighted by atomic mass is 79.9. The van der Waals surface area contributed by atoms with Gasteiger partial charge in [-0.1, -0.05) is 29.8 Å². The normalized spacial score (nSPS) is 21.8. The third-order valence-corrected chi connectivity index (χ3v) is 4.18. The minimum absolute atomic E-state index is 0.0668. The van der Waals surface area contributed by atoms with Gasteiger partial charge in [0.1, 0.15) is 0 Å². The first kappa shape index (κ1) is 13.9. The van der Waals surface area contributed by atoms with E-state index in [1.54, 1.807) is 0 Å². The van der Waals surface area contributed by atoms with Crippen molar-refractivity contribution in [2.75, 3.05) is 25.2 Å². The van der Waals surface area contributed by atoms with Gasteiger partial charge in [-0.2, -0.15) is 0 Å². The summed E-state index contributed by atoms with van der Waals surface area (Å²) in [6.07, 6.45) is 1.34. The number of ether oxygens (including phenoxy) is 2. The maximum absolute atomic E-state index is 12.0. The number of hydrogen-bond acceptors (Lipinski definition) is 3. The van der Waals surface area contributed by atoms with Crippen molar-refractivity contribution >= 4 is 21.8 Å². The summed E-state index contributed by atoms with van der Waals surface area (Å²) < 4.78 is 10.6. The first-order valence-electron chi connectivity index (χ1n) is 5.74. The zero-order valence-corrected chi connectivity index (χ0v) is 11.5. The zero-order valence-electron chi connectivity index (χ0n) is 9.92. The van der Waals surface area contributed by atoms with Crippen LogP contribution in [0.25, 0.3) is 0 Å². The largest absolute Gasteiger partial charge is 0.376 e. The maximum Gasteiger partial charge on any atom is 0.252 e. The average Bonchev–Trinajstić information content (AvgIpc) is 2.37. The van der Waals surface area contributed by atoms with E-state index >= 15 is 0 Å². The van der Waals surface area contributed by atoms with Gasteiger partial charge in [-0.05, 0) is 12.8 Å². The van der Waals surface area contributed by atoms with Crippen molar-refractivity contribution in [3.05, 3.63) is 0 Å². The fourth-order valence-electron chi connectivity index (χ4n) is 1.63. The highest BCUT2D eigenvalue weighted by molar-refractivity contribution is 9.09. The van der Waals surface area contributed by atoms with E-state index in [2.05, 4.69) is 35.1 Å². The molecule has 5 heteroatoms. The Bertz CT molecular complexity index is 217. The molecule has 1 heterocycles. The molecule has 1 unspecified atom stereocenters. The molecule has 1 saturated heterocycles. The van der Waals surface area contributed by atoms with Gasteiger partial charge >= 0.3 is 0 Å². The van der Waals surface area contributed by atoms with Crippen LogP contribution >= 0.6 is 15.9 Å². The van der Waals surface area contributed by atoms with Crippen molar-refractivity contribution in [3.63, 3.8) is 0 Å². The maximum atomic E-state index is 12.0. The van der Waals surface area contributed by atoms with E-state index in [-0.39, 0.29) is 11.4 Å². The zero-order chi connectivity index (χ0) is 12.0. The highest BCUT2D eigenvalue weighted by Crippen LogP contribution is 2.18. The molecule has 1 fully saturated rings. The quantitative estimate of drug-likeness (QED) is 0.781. The fraction of sp³-hybridized carbons (Fsp3) is 0.909. The number of carbonyl (C=O) groups excluding carboxylic acids is 1. The number of nitrogens with one attached hydrogen (secondary N) is 1. The molecule has 1 aliphatic rings. The minimum Gasteiger partial charge on any atom is -0.376 e. The molecule has 4 nitrogen and oxygen atoms in total. The van der Waals surface area contributed by atoms with Crippen LogP contribution in [0, 0.1) is 0 Å². The molecule has 0 aromatic carbocycles. The van der Waals surface area contributed by atoms with Gasteiger partial charge in [0.25, 0.3) is 5.91 Å². The lowest BCUT2D eigenvalue weighted by molar-refractivity contribution is -0.149. The van der Waals surface area contributed by atoms with Gasteiger partial charge in [0.05, 0.1) is 19.8 Å². The van der Waals surface area contributed by atoms with Crippen molar-refractivity contribution in [3.8, 4) is 0 Å². The van der Waals surface area contributed by atoms with Crippen LogP contribution in [0.3, 0.4) is 0 Å². The first-order valence-corrected chi connectivity index (χ1v) is 6.87. The number of halogens is 1. The molecule has 1 aliphatic heterocycles. The van der Waals surface area contributed by atoms with Crippen LogP contribution < -0.4 is 5.32 Å². The second-order valence-electron chi connectivity index (χ2n) is 4.04. The van der Waals surface area contributed by atoms with Crippen LogP contribution in [0.1, 0.15) is 26.7 Å². The molecule has 0 aromatic heterocycles. The number of hydrogen-bond donors (Lipinski definition) is 1. The van der Waals surface area contributed by atoms with Gasteiger partial charge in [0.15, 0.2) is 6.10 Å². The van der Waals surface area contributed by atoms with Crippen molar-refractivity contribution in [2.45, 2.75) is 38.3 Å². The third-order valence-electron chi connectivity index (χ3n) is 3.11. The molecule has 16 heavy (non-hydrogen) atoms. The van der Waals surface area contributed by atoms with Crippen LogP contribution in [-0.4, -0.2) is 42.7 Å². The Hall–Kier alpha value is -0.130. The standard InChI is InChI=1S/C11H20BrNO3/c1-3-11(4-2,8-12)13-10(14)9-7-15-5-6-16-9/h9H,3-8H2,1-2H3,(H,13,14). The van der Waals surface area contributed by atoms with Crippen LogP contribution in [0.4, 0.5) is 0 Å². The lowest BCUT2D eigenvalue weighted by Crippen LogP contribution is -2.54. The predicted molar refractivity (Wildman–Crippen MR) is 65.8 cm³/mol. The fourth-order valence-corrected chi connectivity index (χ4v) is 2.56. The van der Waals surface area contributed by atoms with Crippen molar-refractivity contribution in [1.29, 1.82) is 0 Å². The van der Waals surface area contributed by atoms with Gasteiger partial charge in [-0.3, -0.25) is 4.79 Å². The molecule has 1 N–H and O–H groups in total. The van der Waals surface area contributed by atoms with Crippen LogP contribution in [0.5, 0.6) is 0 Å². The summed E-state index contributed by atoms with van der Waals surface area (Å²) in [6.45, 7) is 5.58. The van der Waals surface area contributed by atoms with Gasteiger partial charge in [-0.15, -0.1) is 0 Å². The Morgan fingerprint density at radius 3 is 2.56 bits per heavy atom. The first-order chi connectivity index (χ1) is 7.67. The van der Waals surface area contributed by atoms with Crippen LogP contribution in [0.15, 0.2) is 0 Å². The summed E-state index contributed by atoms with van der Waals surface area (Å²) in [7, 11) is 0. The highest BCUT2D eigenvalue weighted by Gasteiger charge is 2.31. The molecular formula is C11H20BrNO3. The third kappa shape index (κ3) is 3.43. The SMILES string of the molecule is CCC(CC)(CBr)NC(=O)C1COCCO1. The second kappa shape index (κ2) is 6.57. The molecule has 1 rings (SSSR count). The van der Waals surface area contributed by atoms with E-state index in [9.17, 15) is 4.79 Å².